The summed E-state index contributed by atoms with van der Waals surface area (Å²) in [7, 11) is 4.01. The van der Waals surface area contributed by atoms with Crippen molar-refractivity contribution in [2.75, 3.05) is 33.8 Å². The number of carbonyl (C=O) groups is 1. The van der Waals surface area contributed by atoms with Crippen LogP contribution in [0.25, 0.3) is 0 Å². The number of benzene rings is 1. The highest BCUT2D eigenvalue weighted by molar-refractivity contribution is 5.82. The first-order chi connectivity index (χ1) is 10.5. The molecule has 1 fully saturated rings. The second-order valence-corrected chi connectivity index (χ2v) is 5.86. The summed E-state index contributed by atoms with van der Waals surface area (Å²) in [5.74, 6) is 0.764. The standard InChI is InChI=1S/C16H25N3O3/c1-19(2)7-8-22-14-5-3-12(4-6-14)10-18-16(21)15-9-13(20)11-17-15/h3-6,13,15,17,20H,7-11H2,1-2H3,(H,18,21). The minimum Gasteiger partial charge on any atom is -0.492 e. The first-order valence-corrected chi connectivity index (χ1v) is 7.60. The molecule has 6 heteroatoms. The predicted molar refractivity (Wildman–Crippen MR) is 84.8 cm³/mol. The van der Waals surface area contributed by atoms with E-state index in [0.29, 0.717) is 26.1 Å². The van der Waals surface area contributed by atoms with Gasteiger partial charge >= 0.3 is 0 Å². The molecule has 122 valence electrons. The van der Waals surface area contributed by atoms with Crippen LogP contribution in [0.5, 0.6) is 5.75 Å². The Kier molecular flexibility index (Phi) is 6.18. The molecule has 0 aromatic heterocycles. The zero-order valence-corrected chi connectivity index (χ0v) is 13.2. The van der Waals surface area contributed by atoms with E-state index in [4.69, 9.17) is 4.74 Å². The van der Waals surface area contributed by atoms with Gasteiger partial charge in [-0.2, -0.15) is 0 Å². The van der Waals surface area contributed by atoms with Gasteiger partial charge in [-0.05, 0) is 38.2 Å². The Morgan fingerprint density at radius 3 is 2.73 bits per heavy atom. The number of hydrogen-bond acceptors (Lipinski definition) is 5. The molecule has 2 atom stereocenters. The molecule has 1 aliphatic rings. The fourth-order valence-corrected chi connectivity index (χ4v) is 2.28. The third-order valence-corrected chi connectivity index (χ3v) is 3.62. The van der Waals surface area contributed by atoms with E-state index in [1.165, 1.54) is 0 Å². The number of likely N-dealkylation sites (N-methyl/N-ethyl adjacent to an activating group) is 1. The third-order valence-electron chi connectivity index (χ3n) is 3.62. The molecule has 1 saturated heterocycles. The summed E-state index contributed by atoms with van der Waals surface area (Å²) >= 11 is 0. The second kappa shape index (κ2) is 8.12. The number of amides is 1. The van der Waals surface area contributed by atoms with E-state index in [1.54, 1.807) is 0 Å². The van der Waals surface area contributed by atoms with E-state index < -0.39 is 6.10 Å². The van der Waals surface area contributed by atoms with Gasteiger partial charge in [0.2, 0.25) is 5.91 Å². The molecule has 0 aliphatic carbocycles. The number of rotatable bonds is 7. The normalized spacial score (nSPS) is 21.1. The number of ether oxygens (including phenoxy) is 1. The van der Waals surface area contributed by atoms with Crippen LogP contribution in [0.2, 0.25) is 0 Å². The molecule has 0 saturated carbocycles. The van der Waals surface area contributed by atoms with Gasteiger partial charge in [-0.1, -0.05) is 12.1 Å². The topological polar surface area (TPSA) is 73.8 Å². The smallest absolute Gasteiger partial charge is 0.237 e. The Bertz CT molecular complexity index is 476. The molecular formula is C16H25N3O3. The van der Waals surface area contributed by atoms with Gasteiger partial charge in [0.05, 0.1) is 12.1 Å². The molecule has 6 nitrogen and oxygen atoms in total. The largest absolute Gasteiger partial charge is 0.492 e. The van der Waals surface area contributed by atoms with Crippen molar-refractivity contribution in [1.29, 1.82) is 0 Å². The van der Waals surface area contributed by atoms with Crippen LogP contribution in [0.15, 0.2) is 24.3 Å². The Hall–Kier alpha value is -1.63. The lowest BCUT2D eigenvalue weighted by Crippen LogP contribution is -2.39. The fraction of sp³-hybridized carbons (Fsp3) is 0.562. The van der Waals surface area contributed by atoms with Crippen molar-refractivity contribution >= 4 is 5.91 Å². The van der Waals surface area contributed by atoms with E-state index in [2.05, 4.69) is 15.5 Å². The number of aliphatic hydroxyl groups excluding tert-OH is 1. The van der Waals surface area contributed by atoms with Crippen LogP contribution in [0, 0.1) is 0 Å². The summed E-state index contributed by atoms with van der Waals surface area (Å²) in [4.78, 5) is 14.0. The van der Waals surface area contributed by atoms with Gasteiger partial charge in [0.25, 0.3) is 0 Å². The van der Waals surface area contributed by atoms with Gasteiger partial charge in [-0.25, -0.2) is 0 Å². The summed E-state index contributed by atoms with van der Waals surface area (Å²) in [5.41, 5.74) is 1.02. The highest BCUT2D eigenvalue weighted by Crippen LogP contribution is 2.12. The quantitative estimate of drug-likeness (QED) is 0.659. The molecule has 0 radical (unpaired) electrons. The van der Waals surface area contributed by atoms with Crippen molar-refractivity contribution in [3.8, 4) is 5.75 Å². The van der Waals surface area contributed by atoms with Gasteiger partial charge in [0.1, 0.15) is 12.4 Å². The van der Waals surface area contributed by atoms with Crippen molar-refractivity contribution in [2.45, 2.75) is 25.1 Å². The summed E-state index contributed by atoms with van der Waals surface area (Å²) in [6.07, 6.45) is 0.0548. The molecule has 3 N–H and O–H groups in total. The van der Waals surface area contributed by atoms with Gasteiger partial charge < -0.3 is 25.4 Å². The van der Waals surface area contributed by atoms with Crippen molar-refractivity contribution < 1.29 is 14.6 Å². The number of aliphatic hydroxyl groups is 1. The number of β-amino-alcohol motifs (C(OH)–C–C–N with tert-alkyl or cyclic N) is 1. The third kappa shape index (κ3) is 5.29. The number of hydrogen-bond donors (Lipinski definition) is 3. The SMILES string of the molecule is CN(C)CCOc1ccc(CNC(=O)C2CC(O)CN2)cc1. The highest BCUT2D eigenvalue weighted by atomic mass is 16.5. The van der Waals surface area contributed by atoms with E-state index in [9.17, 15) is 9.90 Å². The summed E-state index contributed by atoms with van der Waals surface area (Å²) in [5, 5.41) is 15.3. The number of nitrogens with zero attached hydrogens (tertiary/aromatic N) is 1. The van der Waals surface area contributed by atoms with Crippen LogP contribution < -0.4 is 15.4 Å². The van der Waals surface area contributed by atoms with Crippen LogP contribution in [0.4, 0.5) is 0 Å². The van der Waals surface area contributed by atoms with Crippen molar-refractivity contribution in [3.63, 3.8) is 0 Å². The van der Waals surface area contributed by atoms with E-state index in [-0.39, 0.29) is 11.9 Å². The Morgan fingerprint density at radius 2 is 2.14 bits per heavy atom. The maximum absolute atomic E-state index is 11.9. The Morgan fingerprint density at radius 1 is 1.41 bits per heavy atom. The van der Waals surface area contributed by atoms with Gasteiger partial charge in [-0.3, -0.25) is 4.79 Å². The van der Waals surface area contributed by atoms with Crippen LogP contribution in [-0.4, -0.2) is 61.9 Å². The monoisotopic (exact) mass is 307 g/mol. The van der Waals surface area contributed by atoms with Crippen molar-refractivity contribution in [1.82, 2.24) is 15.5 Å². The van der Waals surface area contributed by atoms with E-state index in [1.807, 2.05) is 38.4 Å². The van der Waals surface area contributed by atoms with Gasteiger partial charge in [-0.15, -0.1) is 0 Å². The molecule has 1 aliphatic heterocycles. The first kappa shape index (κ1) is 16.7. The maximum atomic E-state index is 11.9. The minimum atomic E-state index is -0.422. The summed E-state index contributed by atoms with van der Waals surface area (Å²) < 4.78 is 5.62. The number of nitrogens with one attached hydrogen (secondary N) is 2. The van der Waals surface area contributed by atoms with Crippen molar-refractivity contribution in [2.24, 2.45) is 0 Å². The number of carbonyl (C=O) groups excluding carboxylic acids is 1. The molecule has 2 unspecified atom stereocenters. The fourth-order valence-electron chi connectivity index (χ4n) is 2.28. The van der Waals surface area contributed by atoms with E-state index in [0.717, 1.165) is 17.9 Å². The molecular weight excluding hydrogens is 282 g/mol. The predicted octanol–water partition coefficient (Wildman–Crippen LogP) is -0.0340. The van der Waals surface area contributed by atoms with Crippen LogP contribution in [0.1, 0.15) is 12.0 Å². The van der Waals surface area contributed by atoms with Crippen LogP contribution >= 0.6 is 0 Å². The maximum Gasteiger partial charge on any atom is 0.237 e. The van der Waals surface area contributed by atoms with Crippen LogP contribution in [0.3, 0.4) is 0 Å². The molecule has 1 amide bonds. The molecule has 2 rings (SSSR count). The summed E-state index contributed by atoms with van der Waals surface area (Å²) in [6.45, 7) is 2.49. The Balaban J connectivity index is 1.73. The molecule has 1 aromatic carbocycles. The van der Waals surface area contributed by atoms with Crippen LogP contribution in [-0.2, 0) is 11.3 Å². The molecule has 0 spiro atoms. The zero-order chi connectivity index (χ0) is 15.9. The van der Waals surface area contributed by atoms with Gasteiger partial charge in [0.15, 0.2) is 0 Å². The van der Waals surface area contributed by atoms with E-state index >= 15 is 0 Å². The lowest BCUT2D eigenvalue weighted by Gasteiger charge is -2.12. The average Bonchev–Trinajstić information content (AvgIpc) is 2.92. The second-order valence-electron chi connectivity index (χ2n) is 5.86. The Labute approximate surface area is 131 Å². The highest BCUT2D eigenvalue weighted by Gasteiger charge is 2.27. The molecule has 1 aromatic rings. The zero-order valence-electron chi connectivity index (χ0n) is 13.2. The van der Waals surface area contributed by atoms with Gasteiger partial charge in [0, 0.05) is 19.6 Å². The molecule has 1 heterocycles. The molecule has 22 heavy (non-hydrogen) atoms. The minimum absolute atomic E-state index is 0.0668. The van der Waals surface area contributed by atoms with Crippen molar-refractivity contribution in [3.05, 3.63) is 29.8 Å². The molecule has 0 bridgehead atoms. The first-order valence-electron chi connectivity index (χ1n) is 7.60. The average molecular weight is 307 g/mol. The summed E-state index contributed by atoms with van der Waals surface area (Å²) in [6, 6.07) is 7.43. The lowest BCUT2D eigenvalue weighted by molar-refractivity contribution is -0.123. The lowest BCUT2D eigenvalue weighted by atomic mass is 10.1.